The molecule has 0 radical (unpaired) electrons. The molecule has 2 fully saturated rings. The van der Waals surface area contributed by atoms with Gasteiger partial charge in [-0.15, -0.1) is 0 Å². The van der Waals surface area contributed by atoms with Gasteiger partial charge >= 0.3 is 0 Å². The van der Waals surface area contributed by atoms with Crippen LogP contribution in [-0.4, -0.2) is 52.7 Å². The SMILES string of the molecule is CC1(C)OC[C@@H](Cn2cc(-c3cn4nccc4c(-c4cnn(C5CCCC5(C)C)c4)n3)cn2)O1. The van der Waals surface area contributed by atoms with Gasteiger partial charge in [-0.05, 0) is 38.2 Å². The summed E-state index contributed by atoms with van der Waals surface area (Å²) < 4.78 is 17.5. The summed E-state index contributed by atoms with van der Waals surface area (Å²) >= 11 is 0. The molecule has 1 saturated carbocycles. The zero-order chi connectivity index (χ0) is 23.5. The predicted molar refractivity (Wildman–Crippen MR) is 127 cm³/mol. The van der Waals surface area contributed by atoms with Gasteiger partial charge in [0.25, 0.3) is 0 Å². The minimum atomic E-state index is -0.541. The lowest BCUT2D eigenvalue weighted by molar-refractivity contribution is -0.139. The summed E-state index contributed by atoms with van der Waals surface area (Å²) in [5.74, 6) is -0.541. The van der Waals surface area contributed by atoms with Crippen molar-refractivity contribution in [2.45, 2.75) is 71.4 Å². The number of ether oxygens (including phenoxy) is 2. The molecular weight excluding hydrogens is 430 g/mol. The number of hydrogen-bond donors (Lipinski definition) is 0. The standard InChI is InChI=1S/C25H31N7O2/c1-24(2)8-5-6-22(24)32-13-18(11-28-32)23-21-7-9-26-31(21)15-20(29-23)17-10-27-30(12-17)14-19-16-33-25(3,4)34-19/h7,9-13,15,19,22H,5-6,8,14,16H2,1-4H3/t19-,22?/m1/s1. The largest absolute Gasteiger partial charge is 0.348 e. The summed E-state index contributed by atoms with van der Waals surface area (Å²) in [7, 11) is 0. The zero-order valence-corrected chi connectivity index (χ0v) is 20.2. The fourth-order valence-electron chi connectivity index (χ4n) is 5.37. The summed E-state index contributed by atoms with van der Waals surface area (Å²) in [6, 6.07) is 2.40. The van der Waals surface area contributed by atoms with Crippen LogP contribution in [0, 0.1) is 5.41 Å². The van der Waals surface area contributed by atoms with Crippen molar-refractivity contribution in [1.82, 2.24) is 34.2 Å². The Morgan fingerprint density at radius 1 is 1.03 bits per heavy atom. The summed E-state index contributed by atoms with van der Waals surface area (Å²) in [6.45, 7) is 9.73. The molecule has 5 heterocycles. The van der Waals surface area contributed by atoms with E-state index in [1.165, 1.54) is 12.8 Å². The number of fused-ring (bicyclic) bond motifs is 1. The quantitative estimate of drug-likeness (QED) is 0.439. The van der Waals surface area contributed by atoms with Crippen LogP contribution in [0.15, 0.2) is 43.2 Å². The molecule has 1 saturated heterocycles. The zero-order valence-electron chi connectivity index (χ0n) is 20.2. The molecule has 1 aliphatic carbocycles. The van der Waals surface area contributed by atoms with Gasteiger partial charge < -0.3 is 9.47 Å². The van der Waals surface area contributed by atoms with Crippen LogP contribution in [0.4, 0.5) is 0 Å². The van der Waals surface area contributed by atoms with Crippen molar-refractivity contribution in [1.29, 1.82) is 0 Å². The lowest BCUT2D eigenvalue weighted by Gasteiger charge is -2.27. The van der Waals surface area contributed by atoms with Crippen molar-refractivity contribution in [3.8, 4) is 22.5 Å². The summed E-state index contributed by atoms with van der Waals surface area (Å²) in [5, 5.41) is 13.8. The Hall–Kier alpha value is -3.04. The third-order valence-corrected chi connectivity index (χ3v) is 7.17. The van der Waals surface area contributed by atoms with Crippen molar-refractivity contribution >= 4 is 5.52 Å². The van der Waals surface area contributed by atoms with Gasteiger partial charge in [0.2, 0.25) is 0 Å². The van der Waals surface area contributed by atoms with E-state index in [2.05, 4.69) is 34.9 Å². The molecule has 0 N–H and O–H groups in total. The first-order chi connectivity index (χ1) is 16.3. The molecule has 2 atom stereocenters. The van der Waals surface area contributed by atoms with Crippen molar-refractivity contribution < 1.29 is 9.47 Å². The molecule has 0 amide bonds. The van der Waals surface area contributed by atoms with Gasteiger partial charge in [-0.1, -0.05) is 20.3 Å². The van der Waals surface area contributed by atoms with Crippen LogP contribution in [0.25, 0.3) is 28.0 Å². The maximum absolute atomic E-state index is 5.93. The van der Waals surface area contributed by atoms with Crippen molar-refractivity contribution in [2.75, 3.05) is 6.61 Å². The highest BCUT2D eigenvalue weighted by atomic mass is 16.7. The molecule has 4 aromatic heterocycles. The Labute approximate surface area is 198 Å². The van der Waals surface area contributed by atoms with Crippen LogP contribution >= 0.6 is 0 Å². The van der Waals surface area contributed by atoms with Gasteiger partial charge in [-0.3, -0.25) is 9.36 Å². The van der Waals surface area contributed by atoms with E-state index in [0.717, 1.165) is 34.5 Å². The van der Waals surface area contributed by atoms with Crippen LogP contribution in [0.5, 0.6) is 0 Å². The highest BCUT2D eigenvalue weighted by molar-refractivity contribution is 5.78. The summed E-state index contributed by atoms with van der Waals surface area (Å²) in [4.78, 5) is 5.03. The summed E-state index contributed by atoms with van der Waals surface area (Å²) in [5.41, 5.74) is 4.83. The lowest BCUT2D eigenvalue weighted by Crippen LogP contribution is -2.24. The third-order valence-electron chi connectivity index (χ3n) is 7.17. The number of rotatable bonds is 5. The number of hydrogen-bond acceptors (Lipinski definition) is 6. The fraction of sp³-hybridized carbons (Fsp3) is 0.520. The summed E-state index contributed by atoms with van der Waals surface area (Å²) in [6.07, 6.45) is 15.3. The van der Waals surface area contributed by atoms with E-state index < -0.39 is 5.79 Å². The molecule has 1 unspecified atom stereocenters. The Morgan fingerprint density at radius 2 is 1.88 bits per heavy atom. The van der Waals surface area contributed by atoms with Gasteiger partial charge in [-0.2, -0.15) is 15.3 Å². The molecule has 0 spiro atoms. The smallest absolute Gasteiger partial charge is 0.163 e. The molecule has 178 valence electrons. The molecule has 34 heavy (non-hydrogen) atoms. The maximum Gasteiger partial charge on any atom is 0.163 e. The van der Waals surface area contributed by atoms with Crippen molar-refractivity contribution in [2.24, 2.45) is 5.41 Å². The lowest BCUT2D eigenvalue weighted by atomic mass is 9.87. The molecule has 6 rings (SSSR count). The van der Waals surface area contributed by atoms with Gasteiger partial charge in [-0.25, -0.2) is 9.50 Å². The number of nitrogens with zero attached hydrogens (tertiary/aromatic N) is 7. The van der Waals surface area contributed by atoms with Crippen LogP contribution in [-0.2, 0) is 16.0 Å². The second-order valence-electron chi connectivity index (χ2n) is 10.6. The van der Waals surface area contributed by atoms with E-state index in [-0.39, 0.29) is 11.5 Å². The number of aromatic nitrogens is 7. The first kappa shape index (κ1) is 21.5. The van der Waals surface area contributed by atoms with Crippen LogP contribution < -0.4 is 0 Å². The first-order valence-electron chi connectivity index (χ1n) is 12.0. The fourth-order valence-corrected chi connectivity index (χ4v) is 5.37. The normalized spacial score (nSPS) is 23.8. The van der Waals surface area contributed by atoms with E-state index in [1.54, 1.807) is 6.20 Å². The molecule has 0 bridgehead atoms. The van der Waals surface area contributed by atoms with Crippen LogP contribution in [0.1, 0.15) is 53.0 Å². The van der Waals surface area contributed by atoms with Crippen molar-refractivity contribution in [3.63, 3.8) is 0 Å². The Morgan fingerprint density at radius 3 is 2.65 bits per heavy atom. The molecule has 2 aliphatic rings. The average Bonchev–Trinajstić information content (AvgIpc) is 3.58. The molecule has 9 nitrogen and oxygen atoms in total. The van der Waals surface area contributed by atoms with Gasteiger partial charge in [0.05, 0.1) is 60.9 Å². The van der Waals surface area contributed by atoms with E-state index in [4.69, 9.17) is 19.6 Å². The molecule has 1 aliphatic heterocycles. The van der Waals surface area contributed by atoms with E-state index >= 15 is 0 Å². The van der Waals surface area contributed by atoms with Gasteiger partial charge in [0.15, 0.2) is 5.79 Å². The molecule has 0 aromatic carbocycles. The second kappa shape index (κ2) is 7.74. The van der Waals surface area contributed by atoms with E-state index in [0.29, 0.717) is 19.2 Å². The first-order valence-corrected chi connectivity index (χ1v) is 12.0. The van der Waals surface area contributed by atoms with Gasteiger partial charge in [0.1, 0.15) is 6.10 Å². The van der Waals surface area contributed by atoms with Crippen molar-refractivity contribution in [3.05, 3.63) is 43.2 Å². The highest BCUT2D eigenvalue weighted by Gasteiger charge is 2.36. The van der Waals surface area contributed by atoms with E-state index in [9.17, 15) is 0 Å². The molecule has 4 aromatic rings. The molecule has 9 heteroatoms. The monoisotopic (exact) mass is 461 g/mol. The predicted octanol–water partition coefficient (Wildman–Crippen LogP) is 4.36. The molecular formula is C25H31N7O2. The van der Waals surface area contributed by atoms with Gasteiger partial charge in [0, 0.05) is 23.5 Å². The Bertz CT molecular complexity index is 1330. The highest BCUT2D eigenvalue weighted by Crippen LogP contribution is 2.45. The maximum atomic E-state index is 5.93. The Balaban J connectivity index is 1.31. The van der Waals surface area contributed by atoms with Crippen LogP contribution in [0.2, 0.25) is 0 Å². The topological polar surface area (TPSA) is 84.3 Å². The third kappa shape index (κ3) is 3.82. The minimum absolute atomic E-state index is 0.0226. The average molecular weight is 462 g/mol. The minimum Gasteiger partial charge on any atom is -0.348 e. The van der Waals surface area contributed by atoms with Crippen LogP contribution in [0.3, 0.4) is 0 Å². The second-order valence-corrected chi connectivity index (χ2v) is 10.6. The van der Waals surface area contributed by atoms with E-state index in [1.807, 2.05) is 53.9 Å². The Kier molecular flexibility index (Phi) is 4.90.